The minimum absolute atomic E-state index is 0.111. The van der Waals surface area contributed by atoms with E-state index in [1.54, 1.807) is 30.5 Å². The third-order valence-corrected chi connectivity index (χ3v) is 8.61. The Morgan fingerprint density at radius 2 is 1.18 bits per heavy atom. The molecule has 6 N–H and O–H groups in total. The van der Waals surface area contributed by atoms with Gasteiger partial charge in [0, 0.05) is 6.20 Å². The van der Waals surface area contributed by atoms with Gasteiger partial charge in [-0.25, -0.2) is 14.8 Å². The predicted octanol–water partition coefficient (Wildman–Crippen LogP) is 7.84. The van der Waals surface area contributed by atoms with Crippen LogP contribution < -0.4 is 31.2 Å². The molecule has 0 saturated carbocycles. The van der Waals surface area contributed by atoms with Crippen LogP contribution in [0.2, 0.25) is 5.15 Å². The molecule has 0 bridgehead atoms. The van der Waals surface area contributed by atoms with Crippen LogP contribution in [0.5, 0.6) is 23.0 Å². The molecule has 0 spiro atoms. The minimum Gasteiger partial charge on any atom is -0.480 e. The predicted molar refractivity (Wildman–Crippen MR) is 237 cm³/mol. The Bertz CT molecular complexity index is 2270. The van der Waals surface area contributed by atoms with Crippen LogP contribution in [0.25, 0.3) is 0 Å². The van der Waals surface area contributed by atoms with Gasteiger partial charge in [-0.15, -0.1) is 10.2 Å². The average molecular weight is 861 g/mol. The molecule has 0 fully saturated rings. The number of anilines is 2. The molecule has 0 saturated heterocycles. The number of hydrogen-bond donors (Lipinski definition) is 5. The van der Waals surface area contributed by atoms with Crippen molar-refractivity contribution in [3.05, 3.63) is 156 Å². The fourth-order valence-corrected chi connectivity index (χ4v) is 5.66. The Morgan fingerprint density at radius 1 is 0.661 bits per heavy atom. The van der Waals surface area contributed by atoms with Crippen LogP contribution in [-0.2, 0) is 32.0 Å². The van der Waals surface area contributed by atoms with Crippen molar-refractivity contribution in [1.82, 2.24) is 30.8 Å². The highest BCUT2D eigenvalue weighted by molar-refractivity contribution is 6.29. The quantitative estimate of drug-likeness (QED) is 0.0592. The number of nitrogen functional groups attached to an aromatic ring is 1. The first-order valence-electron chi connectivity index (χ1n) is 19.8. The minimum atomic E-state index is -1.01. The number of para-hydroxylation sites is 2. The number of halogens is 1. The number of nitrogens with one attached hydrogen (secondary N) is 3. The molecule has 2 heterocycles. The zero-order valence-corrected chi connectivity index (χ0v) is 35.1. The number of aromatic nitrogens is 4. The van der Waals surface area contributed by atoms with Crippen molar-refractivity contribution < 1.29 is 33.8 Å². The molecule has 0 aliphatic heterocycles. The lowest BCUT2D eigenvalue weighted by Gasteiger charge is -2.17. The molecular weight excluding hydrogens is 812 g/mol. The summed E-state index contributed by atoms with van der Waals surface area (Å²) in [5, 5.41) is 24.5. The molecule has 0 aliphatic rings. The van der Waals surface area contributed by atoms with Crippen molar-refractivity contribution in [2.45, 2.75) is 64.5 Å². The average Bonchev–Trinajstić information content (AvgIpc) is 3.26. The molecule has 2 aromatic heterocycles. The Morgan fingerprint density at radius 3 is 1.63 bits per heavy atom. The first kappa shape index (κ1) is 47.3. The Balaban J connectivity index is 0.000000235. The van der Waals surface area contributed by atoms with Crippen LogP contribution in [0.4, 0.5) is 11.6 Å². The summed E-state index contributed by atoms with van der Waals surface area (Å²) in [4.78, 5) is 56.1. The number of benzene rings is 4. The zero-order chi connectivity index (χ0) is 44.5. The molecule has 2 atom stereocenters. The number of carbonyl (C=O) groups excluding carboxylic acids is 3. The summed E-state index contributed by atoms with van der Waals surface area (Å²) < 4.78 is 11.5. The van der Waals surface area contributed by atoms with E-state index in [2.05, 4.69) is 36.1 Å². The summed E-state index contributed by atoms with van der Waals surface area (Å²) in [6.07, 6.45) is 5.54. The molecule has 6 rings (SSSR count). The molecule has 2 unspecified atom stereocenters. The number of ether oxygens (including phenoxy) is 2. The van der Waals surface area contributed by atoms with Gasteiger partial charge in [-0.3, -0.25) is 14.4 Å². The van der Waals surface area contributed by atoms with Gasteiger partial charge in [0.25, 0.3) is 0 Å². The van der Waals surface area contributed by atoms with E-state index in [0.717, 1.165) is 23.3 Å². The van der Waals surface area contributed by atoms with Gasteiger partial charge in [-0.05, 0) is 90.7 Å². The number of nitrogens with two attached hydrogens (primary N) is 1. The maximum Gasteiger partial charge on any atom is 0.326 e. The lowest BCUT2D eigenvalue weighted by molar-refractivity contribution is -0.142. The van der Waals surface area contributed by atoms with Crippen molar-refractivity contribution in [2.75, 3.05) is 11.1 Å². The third kappa shape index (κ3) is 17.8. The first-order chi connectivity index (χ1) is 30.0. The summed E-state index contributed by atoms with van der Waals surface area (Å²) in [6.45, 7) is 3.84. The van der Waals surface area contributed by atoms with Crippen LogP contribution >= 0.6 is 11.6 Å². The Kier molecular flexibility index (Phi) is 19.8. The smallest absolute Gasteiger partial charge is 0.326 e. The van der Waals surface area contributed by atoms with E-state index in [-0.39, 0.29) is 30.6 Å². The summed E-state index contributed by atoms with van der Waals surface area (Å²) in [5.74, 6) is 1.65. The number of aliphatic carboxylic acids is 1. The van der Waals surface area contributed by atoms with Gasteiger partial charge < -0.3 is 36.3 Å². The largest absolute Gasteiger partial charge is 0.480 e. The van der Waals surface area contributed by atoms with Gasteiger partial charge in [0.05, 0.1) is 12.8 Å². The molecule has 322 valence electrons. The third-order valence-electron chi connectivity index (χ3n) is 8.41. The topological polar surface area (TPSA) is 221 Å². The van der Waals surface area contributed by atoms with Crippen LogP contribution in [0.1, 0.15) is 50.7 Å². The summed E-state index contributed by atoms with van der Waals surface area (Å²) in [6, 6.07) is 36.7. The number of hydrogen-bond acceptors (Lipinski definition) is 11. The summed E-state index contributed by atoms with van der Waals surface area (Å²) in [5.41, 5.74) is 6.76. The van der Waals surface area contributed by atoms with Gasteiger partial charge in [0.1, 0.15) is 53.0 Å². The molecule has 62 heavy (non-hydrogen) atoms. The molecule has 4 aromatic carbocycles. The van der Waals surface area contributed by atoms with Gasteiger partial charge in [-0.1, -0.05) is 99.0 Å². The second-order valence-corrected chi connectivity index (χ2v) is 13.9. The number of carboxylic acid groups (broad SMARTS) is 1. The van der Waals surface area contributed by atoms with Crippen LogP contribution in [0.3, 0.4) is 0 Å². The van der Waals surface area contributed by atoms with E-state index in [1.165, 1.54) is 6.33 Å². The van der Waals surface area contributed by atoms with Crippen LogP contribution in [-0.4, -0.2) is 61.0 Å². The number of nitrogens with zero attached hydrogens (tertiary/aromatic N) is 4. The second kappa shape index (κ2) is 26.0. The van der Waals surface area contributed by atoms with Gasteiger partial charge in [0.2, 0.25) is 17.7 Å². The van der Waals surface area contributed by atoms with E-state index in [4.69, 9.17) is 31.9 Å². The highest BCUT2D eigenvalue weighted by Gasteiger charge is 2.21. The Hall–Kier alpha value is -7.39. The molecule has 6 aromatic rings. The number of rotatable bonds is 17. The van der Waals surface area contributed by atoms with Crippen LogP contribution in [0, 0.1) is 0 Å². The number of carboxylic acids is 1. The Labute approximate surface area is 365 Å². The van der Waals surface area contributed by atoms with E-state index in [0.29, 0.717) is 53.3 Å². The van der Waals surface area contributed by atoms with Gasteiger partial charge in [-0.2, -0.15) is 0 Å². The van der Waals surface area contributed by atoms with Gasteiger partial charge in [0.15, 0.2) is 5.15 Å². The maximum absolute atomic E-state index is 12.6. The SMILES string of the molecule is CCCC(NC(=O)Cc1cccc(Oc2ccccc2)c1)C(=O)Nc1ccncn1.CCCC(NC(=O)Cc1cccc(Oc2ccccc2)c1)C(=O)O.Nc1ccc(Cl)nn1. The molecule has 0 aliphatic carbocycles. The van der Waals surface area contributed by atoms with E-state index < -0.39 is 18.1 Å². The lowest BCUT2D eigenvalue weighted by Crippen LogP contribution is -2.44. The van der Waals surface area contributed by atoms with Crippen molar-refractivity contribution in [2.24, 2.45) is 0 Å². The van der Waals surface area contributed by atoms with Crippen molar-refractivity contribution >= 4 is 46.9 Å². The van der Waals surface area contributed by atoms with E-state index >= 15 is 0 Å². The molecule has 0 radical (unpaired) electrons. The first-order valence-corrected chi connectivity index (χ1v) is 20.2. The zero-order valence-electron chi connectivity index (χ0n) is 34.3. The number of amides is 3. The summed E-state index contributed by atoms with van der Waals surface area (Å²) >= 11 is 5.38. The summed E-state index contributed by atoms with van der Waals surface area (Å²) in [7, 11) is 0. The molecule has 15 nitrogen and oxygen atoms in total. The number of carbonyl (C=O) groups is 4. The fourth-order valence-electron chi connectivity index (χ4n) is 5.56. The fraction of sp³-hybridized carbons (Fsp3) is 0.217. The maximum atomic E-state index is 12.6. The highest BCUT2D eigenvalue weighted by atomic mass is 35.5. The van der Waals surface area contributed by atoms with E-state index in [1.807, 2.05) is 117 Å². The van der Waals surface area contributed by atoms with Crippen molar-refractivity contribution in [1.29, 1.82) is 0 Å². The second-order valence-electron chi connectivity index (χ2n) is 13.5. The van der Waals surface area contributed by atoms with Gasteiger partial charge >= 0.3 is 5.97 Å². The lowest BCUT2D eigenvalue weighted by atomic mass is 10.1. The highest BCUT2D eigenvalue weighted by Crippen LogP contribution is 2.23. The normalized spacial score (nSPS) is 11.1. The van der Waals surface area contributed by atoms with E-state index in [9.17, 15) is 19.2 Å². The van der Waals surface area contributed by atoms with Crippen molar-refractivity contribution in [3.63, 3.8) is 0 Å². The van der Waals surface area contributed by atoms with Crippen molar-refractivity contribution in [3.8, 4) is 23.0 Å². The standard InChI is InChI=1S/C23H24N4O3.C19H21NO4.C4H4ClN3/c1-2-7-20(23(29)27-21-12-13-24-16-25-21)26-22(28)15-17-8-6-11-19(14-17)30-18-9-4-3-5-10-18;1-2-7-17(19(22)23)20-18(21)13-14-8-6-11-16(12-14)24-15-9-4-3-5-10-15;5-3-1-2-4(6)8-7-3/h3-6,8-14,16,20H,2,7,15H2,1H3,(H,26,28)(H,24,25,27,29);3-6,8-12,17H,2,7,13H2,1H3,(H,20,21)(H,22,23);1-2H,(H2,6,8). The monoisotopic (exact) mass is 860 g/mol. The molecular formula is C46H49ClN8O7. The molecule has 16 heteroatoms. The molecule has 3 amide bonds. The van der Waals surface area contributed by atoms with Crippen LogP contribution in [0.15, 0.2) is 140 Å².